The van der Waals surface area contributed by atoms with Gasteiger partial charge in [-0.3, -0.25) is 4.79 Å². The number of amides is 1. The van der Waals surface area contributed by atoms with Gasteiger partial charge in [0.25, 0.3) is 5.91 Å². The Bertz CT molecular complexity index is 661. The van der Waals surface area contributed by atoms with Gasteiger partial charge in [0.1, 0.15) is 11.4 Å². The third-order valence-corrected chi connectivity index (χ3v) is 4.57. The number of aliphatic hydroxyl groups is 1. The second-order valence-corrected chi connectivity index (χ2v) is 6.01. The molecule has 2 atom stereocenters. The van der Waals surface area contributed by atoms with Crippen molar-refractivity contribution in [1.29, 1.82) is 0 Å². The highest BCUT2D eigenvalue weighted by molar-refractivity contribution is 5.92. The Hall–Kier alpha value is -2.27. The third-order valence-electron chi connectivity index (χ3n) is 4.57. The summed E-state index contributed by atoms with van der Waals surface area (Å²) in [5.74, 6) is 0.869. The van der Waals surface area contributed by atoms with Crippen molar-refractivity contribution in [2.75, 3.05) is 13.7 Å². The van der Waals surface area contributed by atoms with Gasteiger partial charge in [0.15, 0.2) is 5.76 Å². The van der Waals surface area contributed by atoms with Crippen LogP contribution in [0.5, 0.6) is 5.75 Å². The fourth-order valence-electron chi connectivity index (χ4n) is 3.26. The summed E-state index contributed by atoms with van der Waals surface area (Å²) in [6, 6.07) is 10.4. The molecule has 0 radical (unpaired) electrons. The first-order valence-electron chi connectivity index (χ1n) is 7.75. The summed E-state index contributed by atoms with van der Waals surface area (Å²) in [5.41, 5.74) is -0.368. The van der Waals surface area contributed by atoms with Gasteiger partial charge in [0.05, 0.1) is 19.4 Å². The molecule has 1 saturated heterocycles. The molecule has 3 rings (SSSR count). The van der Waals surface area contributed by atoms with E-state index < -0.39 is 5.60 Å². The van der Waals surface area contributed by atoms with Crippen LogP contribution >= 0.6 is 0 Å². The second kappa shape index (κ2) is 6.08. The van der Waals surface area contributed by atoms with Gasteiger partial charge in [-0.05, 0) is 49.6 Å². The van der Waals surface area contributed by atoms with Crippen LogP contribution in [0, 0.1) is 0 Å². The Labute approximate surface area is 135 Å². The zero-order valence-electron chi connectivity index (χ0n) is 13.4. The maximum absolute atomic E-state index is 12.6. The minimum atomic E-state index is -1.13. The minimum Gasteiger partial charge on any atom is -0.497 e. The molecule has 1 N–H and O–H groups in total. The first kappa shape index (κ1) is 15.6. The molecule has 23 heavy (non-hydrogen) atoms. The van der Waals surface area contributed by atoms with E-state index in [2.05, 4.69) is 0 Å². The Morgan fingerprint density at radius 1 is 1.35 bits per heavy atom. The van der Waals surface area contributed by atoms with Crippen LogP contribution in [0.2, 0.25) is 0 Å². The van der Waals surface area contributed by atoms with Gasteiger partial charge in [0.2, 0.25) is 0 Å². The molecule has 122 valence electrons. The van der Waals surface area contributed by atoms with Gasteiger partial charge in [-0.1, -0.05) is 12.1 Å². The van der Waals surface area contributed by atoms with Crippen molar-refractivity contribution in [2.24, 2.45) is 0 Å². The number of likely N-dealkylation sites (tertiary alicyclic amines) is 1. The summed E-state index contributed by atoms with van der Waals surface area (Å²) in [4.78, 5) is 14.3. The molecule has 0 aliphatic carbocycles. The number of nitrogens with zero attached hydrogens (tertiary/aromatic N) is 1. The van der Waals surface area contributed by atoms with Gasteiger partial charge in [-0.15, -0.1) is 0 Å². The lowest BCUT2D eigenvalue weighted by Crippen LogP contribution is -2.48. The number of ether oxygens (including phenoxy) is 1. The van der Waals surface area contributed by atoms with Crippen LogP contribution in [0.4, 0.5) is 0 Å². The molecule has 1 aromatic heterocycles. The van der Waals surface area contributed by atoms with Crippen molar-refractivity contribution in [3.63, 3.8) is 0 Å². The van der Waals surface area contributed by atoms with Crippen molar-refractivity contribution in [3.8, 4) is 5.75 Å². The number of furan rings is 1. The standard InChI is InChI=1S/C18H21NO4/c1-18(21,13-7-9-14(22-2)10-8-13)16-6-3-11-19(16)17(20)15-5-4-12-23-15/h4-5,7-10,12,16,21H,3,6,11H2,1-2H3/t16-,18-/m1/s1. The predicted octanol–water partition coefficient (Wildman–Crippen LogP) is 2.80. The number of benzene rings is 1. The maximum Gasteiger partial charge on any atom is 0.289 e. The van der Waals surface area contributed by atoms with Crippen LogP contribution in [0.15, 0.2) is 47.1 Å². The fourth-order valence-corrected chi connectivity index (χ4v) is 3.26. The second-order valence-electron chi connectivity index (χ2n) is 6.01. The van der Waals surface area contributed by atoms with Crippen molar-refractivity contribution in [1.82, 2.24) is 4.90 Å². The molecule has 0 saturated carbocycles. The molecule has 2 aromatic rings. The van der Waals surface area contributed by atoms with E-state index in [4.69, 9.17) is 9.15 Å². The summed E-state index contributed by atoms with van der Waals surface area (Å²) in [6.07, 6.45) is 3.11. The van der Waals surface area contributed by atoms with Gasteiger partial charge in [-0.2, -0.15) is 0 Å². The molecular weight excluding hydrogens is 294 g/mol. The van der Waals surface area contributed by atoms with E-state index >= 15 is 0 Å². The highest BCUT2D eigenvalue weighted by Gasteiger charge is 2.43. The Morgan fingerprint density at radius 3 is 2.70 bits per heavy atom. The SMILES string of the molecule is COc1ccc([C@@](C)(O)[C@H]2CCCN2C(=O)c2ccco2)cc1. The summed E-state index contributed by atoms with van der Waals surface area (Å²) in [5, 5.41) is 11.1. The average molecular weight is 315 g/mol. The molecule has 0 bridgehead atoms. The molecule has 0 unspecified atom stereocenters. The van der Waals surface area contributed by atoms with E-state index in [0.29, 0.717) is 12.3 Å². The molecular formula is C18H21NO4. The van der Waals surface area contributed by atoms with Crippen LogP contribution < -0.4 is 4.74 Å². The highest BCUT2D eigenvalue weighted by atomic mass is 16.5. The van der Waals surface area contributed by atoms with E-state index in [-0.39, 0.29) is 11.9 Å². The number of carbonyl (C=O) groups is 1. The molecule has 1 aliphatic rings. The average Bonchev–Trinajstić information content (AvgIpc) is 3.25. The lowest BCUT2D eigenvalue weighted by atomic mass is 9.86. The lowest BCUT2D eigenvalue weighted by Gasteiger charge is -2.36. The Morgan fingerprint density at radius 2 is 2.09 bits per heavy atom. The van der Waals surface area contributed by atoms with Crippen LogP contribution in [-0.4, -0.2) is 35.6 Å². The van der Waals surface area contributed by atoms with Crippen molar-refractivity contribution in [2.45, 2.75) is 31.4 Å². The molecule has 0 spiro atoms. The Balaban J connectivity index is 1.86. The summed E-state index contributed by atoms with van der Waals surface area (Å²) in [7, 11) is 1.61. The molecule has 1 amide bonds. The smallest absolute Gasteiger partial charge is 0.289 e. The monoisotopic (exact) mass is 315 g/mol. The van der Waals surface area contributed by atoms with Gasteiger partial charge in [0, 0.05) is 6.54 Å². The van der Waals surface area contributed by atoms with Crippen LogP contribution in [0.3, 0.4) is 0 Å². The summed E-state index contributed by atoms with van der Waals surface area (Å²) < 4.78 is 10.4. The van der Waals surface area contributed by atoms with Gasteiger partial charge >= 0.3 is 0 Å². The first-order chi connectivity index (χ1) is 11.0. The number of carbonyl (C=O) groups excluding carboxylic acids is 1. The predicted molar refractivity (Wildman–Crippen MR) is 85.3 cm³/mol. The van der Waals surface area contributed by atoms with Crippen molar-refractivity contribution < 1.29 is 19.1 Å². The Kier molecular flexibility index (Phi) is 4.13. The van der Waals surface area contributed by atoms with E-state index in [1.165, 1.54) is 6.26 Å². The van der Waals surface area contributed by atoms with E-state index in [1.807, 2.05) is 24.3 Å². The van der Waals surface area contributed by atoms with E-state index in [1.54, 1.807) is 31.1 Å². The number of hydrogen-bond donors (Lipinski definition) is 1. The fraction of sp³-hybridized carbons (Fsp3) is 0.389. The highest BCUT2D eigenvalue weighted by Crippen LogP contribution is 2.36. The van der Waals surface area contributed by atoms with Crippen LogP contribution in [-0.2, 0) is 5.60 Å². The van der Waals surface area contributed by atoms with Gasteiger partial charge < -0.3 is 19.2 Å². The summed E-state index contributed by atoms with van der Waals surface area (Å²) >= 11 is 0. The zero-order valence-corrected chi connectivity index (χ0v) is 13.4. The molecule has 5 nitrogen and oxygen atoms in total. The molecule has 2 heterocycles. The molecule has 1 fully saturated rings. The quantitative estimate of drug-likeness (QED) is 0.942. The third kappa shape index (κ3) is 2.84. The van der Waals surface area contributed by atoms with E-state index in [9.17, 15) is 9.90 Å². The number of methoxy groups -OCH3 is 1. The van der Waals surface area contributed by atoms with Gasteiger partial charge in [-0.25, -0.2) is 0 Å². The number of rotatable bonds is 4. The molecule has 1 aliphatic heterocycles. The number of hydrogen-bond acceptors (Lipinski definition) is 4. The van der Waals surface area contributed by atoms with Crippen LogP contribution in [0.1, 0.15) is 35.9 Å². The zero-order chi connectivity index (χ0) is 16.4. The molecule has 1 aromatic carbocycles. The summed E-state index contributed by atoms with van der Waals surface area (Å²) in [6.45, 7) is 2.38. The van der Waals surface area contributed by atoms with Crippen LogP contribution in [0.25, 0.3) is 0 Å². The van der Waals surface area contributed by atoms with E-state index in [0.717, 1.165) is 24.2 Å². The first-order valence-corrected chi connectivity index (χ1v) is 7.75. The van der Waals surface area contributed by atoms with Crippen molar-refractivity contribution >= 4 is 5.91 Å². The minimum absolute atomic E-state index is 0.175. The normalized spacial score (nSPS) is 20.3. The maximum atomic E-state index is 12.6. The molecule has 5 heteroatoms. The lowest BCUT2D eigenvalue weighted by molar-refractivity contribution is -0.0185. The largest absolute Gasteiger partial charge is 0.497 e. The van der Waals surface area contributed by atoms with Crippen molar-refractivity contribution in [3.05, 3.63) is 54.0 Å². The topological polar surface area (TPSA) is 62.9 Å².